The molecule has 0 aliphatic rings. The molecule has 0 saturated carbocycles. The Labute approximate surface area is 280 Å². The molecule has 256 valence electrons. The van der Waals surface area contributed by atoms with Crippen LogP contribution in [0.1, 0.15) is 49.1 Å². The number of nitro groups is 1. The highest BCUT2D eigenvalue weighted by atomic mass is 32.2. The van der Waals surface area contributed by atoms with Gasteiger partial charge in [-0.05, 0) is 90.2 Å². The quantitative estimate of drug-likeness (QED) is 0.0922. The second-order valence-electron chi connectivity index (χ2n) is 12.2. The van der Waals surface area contributed by atoms with Gasteiger partial charge in [-0.3, -0.25) is 14.9 Å². The van der Waals surface area contributed by atoms with Crippen molar-refractivity contribution in [3.8, 4) is 0 Å². The predicted molar refractivity (Wildman–Crippen MR) is 188 cm³/mol. The number of hydrogen-bond acceptors (Lipinski definition) is 8. The zero-order chi connectivity index (χ0) is 34.2. The van der Waals surface area contributed by atoms with Crippen LogP contribution in [-0.4, -0.2) is 101 Å². The molecule has 47 heavy (non-hydrogen) atoms. The summed E-state index contributed by atoms with van der Waals surface area (Å²) < 4.78 is 28.6. The SMILES string of the molecule is CN(C)CCCN(CCCN(C)C)C(=O)CCCNS(=O)(=O)c1ccc(NCCC(c2ccccc2)c2ccccc2)c([N+](=O)[O-])c1. The van der Waals surface area contributed by atoms with Gasteiger partial charge in [0, 0.05) is 44.6 Å². The van der Waals surface area contributed by atoms with Crippen molar-refractivity contribution in [2.75, 3.05) is 72.8 Å². The Morgan fingerprint density at radius 2 is 1.34 bits per heavy atom. The van der Waals surface area contributed by atoms with Crippen LogP contribution in [0.2, 0.25) is 0 Å². The van der Waals surface area contributed by atoms with Gasteiger partial charge >= 0.3 is 0 Å². The summed E-state index contributed by atoms with van der Waals surface area (Å²) in [4.78, 5) is 30.2. The van der Waals surface area contributed by atoms with E-state index in [1.54, 1.807) is 0 Å². The van der Waals surface area contributed by atoms with E-state index >= 15 is 0 Å². The van der Waals surface area contributed by atoms with Crippen molar-refractivity contribution in [1.82, 2.24) is 19.4 Å². The number of amides is 1. The van der Waals surface area contributed by atoms with Crippen LogP contribution < -0.4 is 10.0 Å². The maximum Gasteiger partial charge on any atom is 0.293 e. The molecule has 0 aliphatic carbocycles. The van der Waals surface area contributed by atoms with E-state index in [1.807, 2.05) is 69.5 Å². The Hall–Kier alpha value is -3.84. The summed E-state index contributed by atoms with van der Waals surface area (Å²) in [6, 6.07) is 24.1. The molecule has 0 aromatic heterocycles. The Balaban J connectivity index is 1.59. The molecule has 12 heteroatoms. The predicted octanol–water partition coefficient (Wildman–Crippen LogP) is 5.02. The number of nitrogens with one attached hydrogen (secondary N) is 2. The van der Waals surface area contributed by atoms with Crippen molar-refractivity contribution < 1.29 is 18.1 Å². The van der Waals surface area contributed by atoms with Crippen molar-refractivity contribution in [2.24, 2.45) is 0 Å². The van der Waals surface area contributed by atoms with E-state index in [0.717, 1.165) is 43.1 Å². The van der Waals surface area contributed by atoms with Gasteiger partial charge in [0.25, 0.3) is 5.69 Å². The molecule has 0 radical (unpaired) electrons. The lowest BCUT2D eigenvalue weighted by molar-refractivity contribution is -0.384. The molecule has 0 saturated heterocycles. The molecule has 2 N–H and O–H groups in total. The zero-order valence-electron chi connectivity index (χ0n) is 28.1. The Morgan fingerprint density at radius 1 is 0.787 bits per heavy atom. The maximum atomic E-state index is 13.1. The van der Waals surface area contributed by atoms with Gasteiger partial charge in [0.1, 0.15) is 5.69 Å². The average molecular weight is 667 g/mol. The molecule has 0 fully saturated rings. The van der Waals surface area contributed by atoms with E-state index in [-0.39, 0.29) is 41.1 Å². The summed E-state index contributed by atoms with van der Waals surface area (Å²) in [7, 11) is 3.97. The first-order valence-electron chi connectivity index (χ1n) is 16.2. The zero-order valence-corrected chi connectivity index (χ0v) is 28.9. The van der Waals surface area contributed by atoms with Crippen molar-refractivity contribution in [2.45, 2.75) is 42.9 Å². The molecule has 0 unspecified atom stereocenters. The van der Waals surface area contributed by atoms with Gasteiger partial charge in [-0.25, -0.2) is 13.1 Å². The van der Waals surface area contributed by atoms with Gasteiger partial charge < -0.3 is 20.0 Å². The lowest BCUT2D eigenvalue weighted by atomic mass is 9.88. The number of carbonyl (C=O) groups is 1. The molecule has 0 aliphatic heterocycles. The Kier molecular flexibility index (Phi) is 15.3. The molecule has 0 heterocycles. The summed E-state index contributed by atoms with van der Waals surface area (Å²) >= 11 is 0. The highest BCUT2D eigenvalue weighted by Crippen LogP contribution is 2.30. The van der Waals surface area contributed by atoms with E-state index in [2.05, 4.69) is 44.1 Å². The fraction of sp³-hybridized carbons (Fsp3) is 0.457. The van der Waals surface area contributed by atoms with Crippen LogP contribution in [-0.2, 0) is 14.8 Å². The highest BCUT2D eigenvalue weighted by Gasteiger charge is 2.22. The lowest BCUT2D eigenvalue weighted by Crippen LogP contribution is -2.36. The van der Waals surface area contributed by atoms with Crippen molar-refractivity contribution >= 4 is 27.3 Å². The summed E-state index contributed by atoms with van der Waals surface area (Å²) in [6.45, 7) is 3.54. The van der Waals surface area contributed by atoms with Gasteiger partial charge in [-0.2, -0.15) is 0 Å². The second-order valence-corrected chi connectivity index (χ2v) is 14.0. The molecule has 3 aromatic carbocycles. The van der Waals surface area contributed by atoms with Crippen LogP contribution in [0.4, 0.5) is 11.4 Å². The van der Waals surface area contributed by atoms with Gasteiger partial charge in [-0.15, -0.1) is 0 Å². The third-order valence-corrected chi connectivity index (χ3v) is 9.37. The summed E-state index contributed by atoms with van der Waals surface area (Å²) in [5, 5.41) is 15.1. The number of hydrogen-bond donors (Lipinski definition) is 2. The number of nitrogens with zero attached hydrogens (tertiary/aromatic N) is 4. The molecular formula is C35H50N6O5S. The topological polar surface area (TPSA) is 128 Å². The van der Waals surface area contributed by atoms with E-state index in [1.165, 1.54) is 12.1 Å². The Morgan fingerprint density at radius 3 is 1.85 bits per heavy atom. The molecule has 0 spiro atoms. The van der Waals surface area contributed by atoms with Gasteiger partial charge in [-0.1, -0.05) is 60.7 Å². The molecule has 11 nitrogen and oxygen atoms in total. The standard InChI is InChI=1S/C35H50N6O5S/c1-38(2)24-12-26-40(27-13-25-39(3)4)35(42)18-11-22-37-47(45,46)31-19-20-33(34(28-31)41(43)44)36-23-21-32(29-14-7-5-8-15-29)30-16-9-6-10-17-30/h5-10,14-17,19-20,28,32,36-37H,11-13,18,21-27H2,1-4H3. The first-order chi connectivity index (χ1) is 22.5. The minimum Gasteiger partial charge on any atom is -0.379 e. The smallest absolute Gasteiger partial charge is 0.293 e. The summed E-state index contributed by atoms with van der Waals surface area (Å²) in [6.07, 6.45) is 2.92. The highest BCUT2D eigenvalue weighted by molar-refractivity contribution is 7.89. The number of anilines is 1. The molecule has 0 bridgehead atoms. The third-order valence-electron chi connectivity index (χ3n) is 7.91. The minimum absolute atomic E-state index is 0.00505. The van der Waals surface area contributed by atoms with E-state index in [0.29, 0.717) is 32.5 Å². The van der Waals surface area contributed by atoms with Gasteiger partial charge in [0.05, 0.1) is 9.82 Å². The lowest BCUT2D eigenvalue weighted by Gasteiger charge is -2.24. The molecule has 1 amide bonds. The van der Waals surface area contributed by atoms with Crippen LogP contribution in [0.25, 0.3) is 0 Å². The van der Waals surface area contributed by atoms with E-state index in [9.17, 15) is 23.3 Å². The number of sulfonamides is 1. The first-order valence-corrected chi connectivity index (χ1v) is 17.7. The average Bonchev–Trinajstić information content (AvgIpc) is 3.04. The molecule has 3 rings (SSSR count). The van der Waals surface area contributed by atoms with Crippen LogP contribution in [0.3, 0.4) is 0 Å². The van der Waals surface area contributed by atoms with Crippen molar-refractivity contribution in [3.63, 3.8) is 0 Å². The fourth-order valence-electron chi connectivity index (χ4n) is 5.43. The van der Waals surface area contributed by atoms with Crippen LogP contribution in [0.15, 0.2) is 83.8 Å². The fourth-order valence-corrected chi connectivity index (χ4v) is 6.52. The molecular weight excluding hydrogens is 616 g/mol. The number of rotatable bonds is 21. The van der Waals surface area contributed by atoms with Gasteiger partial charge in [0.2, 0.25) is 15.9 Å². The second kappa shape index (κ2) is 19.1. The van der Waals surface area contributed by atoms with Crippen LogP contribution in [0, 0.1) is 10.1 Å². The first kappa shape index (κ1) is 37.6. The molecule has 0 atom stereocenters. The number of benzene rings is 3. The minimum atomic E-state index is -4.02. The number of nitro benzene ring substituents is 1. The monoisotopic (exact) mass is 666 g/mol. The van der Waals surface area contributed by atoms with Crippen LogP contribution >= 0.6 is 0 Å². The normalized spacial score (nSPS) is 11.7. The Bertz CT molecular complexity index is 1450. The van der Waals surface area contributed by atoms with Gasteiger partial charge in [0.15, 0.2) is 0 Å². The van der Waals surface area contributed by atoms with Crippen molar-refractivity contribution in [3.05, 3.63) is 100 Å². The van der Waals surface area contributed by atoms with E-state index in [4.69, 9.17) is 0 Å². The third kappa shape index (κ3) is 12.7. The summed E-state index contributed by atoms with van der Waals surface area (Å²) in [5.74, 6) is 0.0809. The van der Waals surface area contributed by atoms with Crippen LogP contribution in [0.5, 0.6) is 0 Å². The molecule has 3 aromatic rings. The van der Waals surface area contributed by atoms with E-state index < -0.39 is 14.9 Å². The largest absolute Gasteiger partial charge is 0.379 e. The number of carbonyl (C=O) groups excluding carboxylic acids is 1. The summed E-state index contributed by atoms with van der Waals surface area (Å²) in [5.41, 5.74) is 2.23. The maximum absolute atomic E-state index is 13.1. The van der Waals surface area contributed by atoms with Crippen molar-refractivity contribution in [1.29, 1.82) is 0 Å².